The number of benzene rings is 1. The fraction of sp³-hybridized carbons (Fsp3) is 0.0909. The van der Waals surface area contributed by atoms with Crippen molar-refractivity contribution in [3.63, 3.8) is 0 Å². The Hall–Kier alpha value is -2.70. The number of nitrogen functional groups attached to an aromatic ring is 1. The van der Waals surface area contributed by atoms with E-state index in [9.17, 15) is 0 Å². The van der Waals surface area contributed by atoms with Gasteiger partial charge in [0.2, 0.25) is 5.88 Å². The Balaban J connectivity index is 1.92. The van der Waals surface area contributed by atoms with Crippen molar-refractivity contribution in [2.75, 3.05) is 5.73 Å². The van der Waals surface area contributed by atoms with E-state index in [0.717, 1.165) is 11.3 Å². The topological polar surface area (TPSA) is 91.2 Å². The molecule has 0 aliphatic rings. The second-order valence-corrected chi connectivity index (χ2v) is 3.82. The molecule has 1 aromatic carbocycles. The minimum Gasteiger partial charge on any atom is -0.438 e. The van der Waals surface area contributed by atoms with Crippen LogP contribution in [-0.2, 0) is 0 Å². The third-order valence-corrected chi connectivity index (χ3v) is 2.51. The van der Waals surface area contributed by atoms with Crippen LogP contribution in [0.3, 0.4) is 0 Å². The van der Waals surface area contributed by atoms with E-state index in [2.05, 4.69) is 20.6 Å². The highest BCUT2D eigenvalue weighted by atomic mass is 16.5. The zero-order chi connectivity index (χ0) is 12.5. The zero-order valence-corrected chi connectivity index (χ0v) is 9.61. The molecule has 0 spiro atoms. The second-order valence-electron chi connectivity index (χ2n) is 3.82. The molecular formula is C11H10N6O. The summed E-state index contributed by atoms with van der Waals surface area (Å²) >= 11 is 0. The van der Waals surface area contributed by atoms with Gasteiger partial charge in [-0.05, 0) is 47.2 Å². The molecule has 0 radical (unpaired) electrons. The van der Waals surface area contributed by atoms with Crippen LogP contribution in [0.1, 0.15) is 5.56 Å². The van der Waals surface area contributed by atoms with E-state index in [-0.39, 0.29) is 0 Å². The van der Waals surface area contributed by atoms with E-state index in [4.69, 9.17) is 10.5 Å². The molecule has 7 heteroatoms. The van der Waals surface area contributed by atoms with Crippen molar-refractivity contribution in [3.05, 3.63) is 35.9 Å². The summed E-state index contributed by atoms with van der Waals surface area (Å²) in [5.74, 6) is 1.08. The van der Waals surface area contributed by atoms with Gasteiger partial charge in [0.15, 0.2) is 5.65 Å². The lowest BCUT2D eigenvalue weighted by Gasteiger charge is -2.06. The first kappa shape index (κ1) is 10.5. The van der Waals surface area contributed by atoms with Gasteiger partial charge in [-0.1, -0.05) is 0 Å². The number of hydrogen-bond acceptors (Lipinski definition) is 6. The highest BCUT2D eigenvalue weighted by Gasteiger charge is 2.04. The molecule has 3 aromatic rings. The quantitative estimate of drug-likeness (QED) is 0.679. The first-order valence-corrected chi connectivity index (χ1v) is 5.32. The lowest BCUT2D eigenvalue weighted by atomic mass is 10.2. The van der Waals surface area contributed by atoms with Crippen LogP contribution in [0.4, 0.5) is 5.69 Å². The number of tetrazole rings is 1. The van der Waals surface area contributed by atoms with Crippen molar-refractivity contribution in [2.45, 2.75) is 6.92 Å². The molecule has 0 aliphatic heterocycles. The minimum absolute atomic E-state index is 0.416. The molecule has 0 amide bonds. The summed E-state index contributed by atoms with van der Waals surface area (Å²) in [5.41, 5.74) is 7.99. The average molecular weight is 242 g/mol. The van der Waals surface area contributed by atoms with Gasteiger partial charge in [-0.25, -0.2) is 0 Å². The van der Waals surface area contributed by atoms with Gasteiger partial charge in [0.05, 0.1) is 0 Å². The van der Waals surface area contributed by atoms with Crippen molar-refractivity contribution in [3.8, 4) is 11.6 Å². The summed E-state index contributed by atoms with van der Waals surface area (Å²) in [6.07, 6.45) is 0. The molecule has 0 bridgehead atoms. The van der Waals surface area contributed by atoms with Gasteiger partial charge in [-0.3, -0.25) is 0 Å². The maximum absolute atomic E-state index is 5.74. The van der Waals surface area contributed by atoms with Gasteiger partial charge in [0.1, 0.15) is 5.75 Å². The molecule has 2 aromatic heterocycles. The Morgan fingerprint density at radius 1 is 1.22 bits per heavy atom. The number of nitrogens with two attached hydrogens (primary N) is 1. The number of rotatable bonds is 2. The first-order chi connectivity index (χ1) is 8.72. The van der Waals surface area contributed by atoms with Gasteiger partial charge >= 0.3 is 0 Å². The summed E-state index contributed by atoms with van der Waals surface area (Å²) < 4.78 is 6.91. The van der Waals surface area contributed by atoms with Gasteiger partial charge in [-0.2, -0.15) is 0 Å². The Kier molecular flexibility index (Phi) is 2.30. The largest absolute Gasteiger partial charge is 0.438 e. The zero-order valence-electron chi connectivity index (χ0n) is 9.61. The number of ether oxygens (including phenoxy) is 1. The van der Waals surface area contributed by atoms with E-state index < -0.39 is 0 Å². The molecule has 3 rings (SSSR count). The minimum atomic E-state index is 0.416. The number of hydrogen-bond donors (Lipinski definition) is 1. The van der Waals surface area contributed by atoms with Crippen molar-refractivity contribution in [2.24, 2.45) is 0 Å². The van der Waals surface area contributed by atoms with E-state index >= 15 is 0 Å². The van der Waals surface area contributed by atoms with Crippen molar-refractivity contribution in [1.82, 2.24) is 25.3 Å². The summed E-state index contributed by atoms with van der Waals surface area (Å²) in [6, 6.07) is 8.86. The molecule has 0 fully saturated rings. The predicted octanol–water partition coefficient (Wildman–Crippen LogP) is 1.20. The maximum Gasteiger partial charge on any atom is 0.239 e. The van der Waals surface area contributed by atoms with Crippen LogP contribution in [0, 0.1) is 6.92 Å². The molecule has 0 saturated carbocycles. The molecule has 90 valence electrons. The monoisotopic (exact) mass is 242 g/mol. The maximum atomic E-state index is 5.74. The predicted molar refractivity (Wildman–Crippen MR) is 64.2 cm³/mol. The SMILES string of the molecule is Cc1cc(Oc2ccc3nnnn3n2)ccc1N. The fourth-order valence-electron chi connectivity index (χ4n) is 1.52. The Morgan fingerprint density at radius 2 is 2.11 bits per heavy atom. The van der Waals surface area contributed by atoms with E-state index in [1.54, 1.807) is 24.3 Å². The average Bonchev–Trinajstić information content (AvgIpc) is 2.81. The first-order valence-electron chi connectivity index (χ1n) is 5.32. The number of aryl methyl sites for hydroxylation is 1. The van der Waals surface area contributed by atoms with Gasteiger partial charge < -0.3 is 10.5 Å². The van der Waals surface area contributed by atoms with Crippen LogP contribution >= 0.6 is 0 Å². The van der Waals surface area contributed by atoms with E-state index in [1.165, 1.54) is 4.63 Å². The third-order valence-electron chi connectivity index (χ3n) is 2.51. The van der Waals surface area contributed by atoms with Crippen molar-refractivity contribution in [1.29, 1.82) is 0 Å². The summed E-state index contributed by atoms with van der Waals surface area (Å²) in [4.78, 5) is 0. The van der Waals surface area contributed by atoms with Gasteiger partial charge in [0.25, 0.3) is 0 Å². The lowest BCUT2D eigenvalue weighted by molar-refractivity contribution is 0.447. The van der Waals surface area contributed by atoms with E-state index in [1.807, 2.05) is 13.0 Å². The fourth-order valence-corrected chi connectivity index (χ4v) is 1.52. The number of nitrogens with zero attached hydrogens (tertiary/aromatic N) is 5. The van der Waals surface area contributed by atoms with Crippen LogP contribution < -0.4 is 10.5 Å². The summed E-state index contributed by atoms with van der Waals surface area (Å²) in [7, 11) is 0. The highest BCUT2D eigenvalue weighted by Crippen LogP contribution is 2.23. The molecule has 0 aliphatic carbocycles. The Morgan fingerprint density at radius 3 is 2.94 bits per heavy atom. The molecule has 0 saturated heterocycles. The smallest absolute Gasteiger partial charge is 0.239 e. The Bertz CT molecular complexity index is 708. The van der Waals surface area contributed by atoms with Gasteiger partial charge in [0, 0.05) is 11.8 Å². The van der Waals surface area contributed by atoms with Crippen LogP contribution in [0.2, 0.25) is 0 Å². The van der Waals surface area contributed by atoms with Crippen molar-refractivity contribution >= 4 is 11.3 Å². The third kappa shape index (κ3) is 1.81. The Labute approximate surface area is 102 Å². The number of fused-ring (bicyclic) bond motifs is 1. The normalized spacial score (nSPS) is 10.7. The van der Waals surface area contributed by atoms with Crippen LogP contribution in [0.5, 0.6) is 11.6 Å². The van der Waals surface area contributed by atoms with E-state index in [0.29, 0.717) is 17.3 Å². The lowest BCUT2D eigenvalue weighted by Crippen LogP contribution is -1.97. The standard InChI is InChI=1S/C11H10N6O/c1-7-6-8(2-3-9(7)12)18-11-5-4-10-13-15-16-17(10)14-11/h2-6H,12H2,1H3. The van der Waals surface area contributed by atoms with Crippen molar-refractivity contribution < 1.29 is 4.74 Å². The summed E-state index contributed by atoms with van der Waals surface area (Å²) in [6.45, 7) is 1.92. The number of aromatic nitrogens is 5. The second kappa shape index (κ2) is 3.95. The molecule has 7 nitrogen and oxygen atoms in total. The summed E-state index contributed by atoms with van der Waals surface area (Å²) in [5, 5.41) is 15.1. The molecule has 2 N–H and O–H groups in total. The number of anilines is 1. The molecule has 0 atom stereocenters. The highest BCUT2D eigenvalue weighted by molar-refractivity contribution is 5.50. The molecule has 0 unspecified atom stereocenters. The molecule has 2 heterocycles. The van der Waals surface area contributed by atoms with Crippen LogP contribution in [0.25, 0.3) is 5.65 Å². The van der Waals surface area contributed by atoms with Crippen LogP contribution in [0.15, 0.2) is 30.3 Å². The van der Waals surface area contributed by atoms with Gasteiger partial charge in [-0.15, -0.1) is 14.8 Å². The molecule has 18 heavy (non-hydrogen) atoms. The molecular weight excluding hydrogens is 232 g/mol. The van der Waals surface area contributed by atoms with Crippen LogP contribution in [-0.4, -0.2) is 25.3 Å².